The van der Waals surface area contributed by atoms with Crippen molar-refractivity contribution in [3.8, 4) is 0 Å². The van der Waals surface area contributed by atoms with E-state index < -0.39 is 4.92 Å². The first-order valence-electron chi connectivity index (χ1n) is 10.0. The van der Waals surface area contributed by atoms with Crippen LogP contribution in [0.3, 0.4) is 0 Å². The third kappa shape index (κ3) is 5.41. The molecule has 3 rings (SSSR count). The molecule has 1 saturated heterocycles. The van der Waals surface area contributed by atoms with E-state index >= 15 is 0 Å². The monoisotopic (exact) mass is 385 g/mol. The van der Waals surface area contributed by atoms with Gasteiger partial charge in [-0.3, -0.25) is 19.7 Å². The summed E-state index contributed by atoms with van der Waals surface area (Å²) in [5.74, 6) is 0.827. The van der Waals surface area contributed by atoms with Crippen LogP contribution in [-0.4, -0.2) is 52.7 Å². The van der Waals surface area contributed by atoms with Crippen LogP contribution in [0.15, 0.2) is 30.3 Å². The lowest BCUT2D eigenvalue weighted by Gasteiger charge is -2.34. The lowest BCUT2D eigenvalue weighted by molar-refractivity contribution is -0.384. The van der Waals surface area contributed by atoms with E-state index in [0.29, 0.717) is 32.6 Å². The number of piperazine rings is 1. The number of carbonyl (C=O) groups is 2. The van der Waals surface area contributed by atoms with Crippen molar-refractivity contribution in [1.29, 1.82) is 0 Å². The summed E-state index contributed by atoms with van der Waals surface area (Å²) in [6.45, 7) is 2.25. The van der Waals surface area contributed by atoms with Crippen LogP contribution in [0.25, 0.3) is 6.08 Å². The fourth-order valence-corrected chi connectivity index (χ4v) is 3.94. The fraction of sp³-hybridized carbons (Fsp3) is 0.524. The van der Waals surface area contributed by atoms with E-state index in [-0.39, 0.29) is 17.5 Å². The minimum absolute atomic E-state index is 0.0252. The summed E-state index contributed by atoms with van der Waals surface area (Å²) in [6, 6.07) is 6.06. The van der Waals surface area contributed by atoms with Gasteiger partial charge in [-0.25, -0.2) is 0 Å². The van der Waals surface area contributed by atoms with Crippen LogP contribution < -0.4 is 0 Å². The second kappa shape index (κ2) is 9.48. The molecule has 1 aliphatic carbocycles. The Hall–Kier alpha value is -2.70. The molecule has 1 aromatic carbocycles. The highest BCUT2D eigenvalue weighted by Gasteiger charge is 2.24. The number of nitro groups is 1. The molecular formula is C21H27N3O4. The molecule has 1 saturated carbocycles. The summed E-state index contributed by atoms with van der Waals surface area (Å²) in [5, 5.41) is 10.7. The Morgan fingerprint density at radius 1 is 1.04 bits per heavy atom. The molecule has 1 aromatic rings. The van der Waals surface area contributed by atoms with Gasteiger partial charge in [-0.1, -0.05) is 25.7 Å². The predicted octanol–water partition coefficient (Wildman–Crippen LogP) is 3.25. The zero-order chi connectivity index (χ0) is 19.9. The summed E-state index contributed by atoms with van der Waals surface area (Å²) in [4.78, 5) is 38.6. The van der Waals surface area contributed by atoms with E-state index in [9.17, 15) is 19.7 Å². The number of benzene rings is 1. The van der Waals surface area contributed by atoms with Gasteiger partial charge >= 0.3 is 0 Å². The molecule has 150 valence electrons. The van der Waals surface area contributed by atoms with E-state index in [4.69, 9.17) is 0 Å². The predicted molar refractivity (Wildman–Crippen MR) is 106 cm³/mol. The lowest BCUT2D eigenvalue weighted by Crippen LogP contribution is -2.50. The maximum absolute atomic E-state index is 12.4. The minimum Gasteiger partial charge on any atom is -0.339 e. The average Bonchev–Trinajstić information content (AvgIpc) is 3.24. The molecule has 0 N–H and O–H groups in total. The summed E-state index contributed by atoms with van der Waals surface area (Å²) >= 11 is 0. The van der Waals surface area contributed by atoms with Crippen LogP contribution in [0.5, 0.6) is 0 Å². The van der Waals surface area contributed by atoms with Crippen LogP contribution in [0.1, 0.15) is 44.1 Å². The maximum Gasteiger partial charge on any atom is 0.269 e. The summed E-state index contributed by atoms with van der Waals surface area (Å²) in [7, 11) is 0. The van der Waals surface area contributed by atoms with Gasteiger partial charge in [-0.15, -0.1) is 0 Å². The van der Waals surface area contributed by atoms with Gasteiger partial charge < -0.3 is 9.80 Å². The molecule has 1 aliphatic heterocycles. The van der Waals surface area contributed by atoms with Crippen molar-refractivity contribution in [1.82, 2.24) is 9.80 Å². The number of amides is 2. The van der Waals surface area contributed by atoms with Gasteiger partial charge in [0.05, 0.1) is 4.92 Å². The van der Waals surface area contributed by atoms with E-state index in [1.807, 2.05) is 4.90 Å². The van der Waals surface area contributed by atoms with Crippen LogP contribution in [0, 0.1) is 16.0 Å². The number of carbonyl (C=O) groups excluding carboxylic acids is 2. The number of nitro benzene ring substituents is 1. The molecular weight excluding hydrogens is 358 g/mol. The summed E-state index contributed by atoms with van der Waals surface area (Å²) < 4.78 is 0. The van der Waals surface area contributed by atoms with Crippen molar-refractivity contribution in [3.63, 3.8) is 0 Å². The highest BCUT2D eigenvalue weighted by atomic mass is 16.6. The topological polar surface area (TPSA) is 83.8 Å². The van der Waals surface area contributed by atoms with E-state index in [1.165, 1.54) is 43.9 Å². The molecule has 1 heterocycles. The zero-order valence-corrected chi connectivity index (χ0v) is 16.1. The van der Waals surface area contributed by atoms with Gasteiger partial charge in [-0.05, 0) is 36.1 Å². The highest BCUT2D eigenvalue weighted by molar-refractivity contribution is 5.92. The van der Waals surface area contributed by atoms with Crippen molar-refractivity contribution in [2.75, 3.05) is 26.2 Å². The Morgan fingerprint density at radius 2 is 1.64 bits per heavy atom. The number of hydrogen-bond donors (Lipinski definition) is 0. The molecule has 0 bridgehead atoms. The fourth-order valence-electron chi connectivity index (χ4n) is 3.94. The third-order valence-electron chi connectivity index (χ3n) is 5.71. The standard InChI is InChI=1S/C21H27N3O4/c25-20(11-7-17-3-1-2-4-17)22-13-15-23(16-14-22)21(26)12-8-18-5-9-19(10-6-18)24(27)28/h5-6,8-10,12,17H,1-4,7,11,13-16H2/b12-8+. The van der Waals surface area contributed by atoms with Crippen molar-refractivity contribution < 1.29 is 14.5 Å². The minimum atomic E-state index is -0.451. The van der Waals surface area contributed by atoms with Gasteiger partial charge in [0.15, 0.2) is 0 Å². The van der Waals surface area contributed by atoms with Gasteiger partial charge in [-0.2, -0.15) is 0 Å². The van der Waals surface area contributed by atoms with Crippen LogP contribution in [-0.2, 0) is 9.59 Å². The Kier molecular flexibility index (Phi) is 6.79. The van der Waals surface area contributed by atoms with Crippen LogP contribution in [0.4, 0.5) is 5.69 Å². The van der Waals surface area contributed by atoms with Crippen LogP contribution in [0.2, 0.25) is 0 Å². The molecule has 0 atom stereocenters. The normalized spacial score (nSPS) is 18.0. The molecule has 28 heavy (non-hydrogen) atoms. The summed E-state index contributed by atoms with van der Waals surface area (Å²) in [5.41, 5.74) is 0.761. The molecule has 7 heteroatoms. The van der Waals surface area contributed by atoms with E-state index in [2.05, 4.69) is 0 Å². The van der Waals surface area contributed by atoms with E-state index in [0.717, 1.165) is 17.9 Å². The molecule has 0 spiro atoms. The Balaban J connectivity index is 1.42. The third-order valence-corrected chi connectivity index (χ3v) is 5.71. The number of nitrogens with zero attached hydrogens (tertiary/aromatic N) is 3. The molecule has 0 radical (unpaired) electrons. The van der Waals surface area contributed by atoms with Crippen LogP contribution >= 0.6 is 0 Å². The van der Waals surface area contributed by atoms with Crippen molar-refractivity contribution in [2.24, 2.45) is 5.92 Å². The van der Waals surface area contributed by atoms with E-state index in [1.54, 1.807) is 23.1 Å². The smallest absolute Gasteiger partial charge is 0.269 e. The van der Waals surface area contributed by atoms with Crippen molar-refractivity contribution in [2.45, 2.75) is 38.5 Å². The van der Waals surface area contributed by atoms with Gasteiger partial charge in [0.25, 0.3) is 5.69 Å². The lowest BCUT2D eigenvalue weighted by atomic mass is 10.0. The largest absolute Gasteiger partial charge is 0.339 e. The van der Waals surface area contributed by atoms with Gasteiger partial charge in [0.1, 0.15) is 0 Å². The Labute approximate surface area is 165 Å². The average molecular weight is 385 g/mol. The number of non-ortho nitro benzene ring substituents is 1. The quantitative estimate of drug-likeness (QED) is 0.427. The molecule has 2 aliphatic rings. The maximum atomic E-state index is 12.4. The first-order chi connectivity index (χ1) is 13.5. The second-order valence-corrected chi connectivity index (χ2v) is 7.58. The van der Waals surface area contributed by atoms with Crippen molar-refractivity contribution in [3.05, 3.63) is 46.0 Å². The van der Waals surface area contributed by atoms with Gasteiger partial charge in [0, 0.05) is 50.8 Å². The van der Waals surface area contributed by atoms with Gasteiger partial charge in [0.2, 0.25) is 11.8 Å². The molecule has 7 nitrogen and oxygen atoms in total. The van der Waals surface area contributed by atoms with Crippen molar-refractivity contribution >= 4 is 23.6 Å². The Morgan fingerprint density at radius 3 is 2.25 bits per heavy atom. The second-order valence-electron chi connectivity index (χ2n) is 7.58. The number of hydrogen-bond acceptors (Lipinski definition) is 4. The first-order valence-corrected chi connectivity index (χ1v) is 10.0. The highest BCUT2D eigenvalue weighted by Crippen LogP contribution is 2.28. The SMILES string of the molecule is O=C(/C=C/c1ccc([N+](=O)[O-])cc1)N1CCN(C(=O)CCC2CCCC2)CC1. The first kappa shape index (κ1) is 20.0. The Bertz CT molecular complexity index is 731. The molecule has 2 amide bonds. The molecule has 0 unspecified atom stereocenters. The molecule has 2 fully saturated rings. The number of rotatable bonds is 6. The summed E-state index contributed by atoms with van der Waals surface area (Å²) in [6.07, 6.45) is 9.88. The molecule has 0 aromatic heterocycles. The zero-order valence-electron chi connectivity index (χ0n) is 16.1.